The predicted octanol–water partition coefficient (Wildman–Crippen LogP) is 2.24. The number of anilines is 1. The van der Waals surface area contributed by atoms with E-state index in [2.05, 4.69) is 4.90 Å². The number of ether oxygens (including phenoxy) is 1. The second kappa shape index (κ2) is 4.31. The molecule has 0 amide bonds. The molecule has 4 heteroatoms. The van der Waals surface area contributed by atoms with E-state index >= 15 is 0 Å². The normalized spacial score (nSPS) is 27.2. The molecule has 2 fully saturated rings. The molecule has 0 bridgehead atoms. The molecule has 1 aromatic rings. The maximum Gasteiger partial charge on any atom is 0.152 e. The number of carbonyl (C=O) groups excluding carboxylic acids is 1. The summed E-state index contributed by atoms with van der Waals surface area (Å²) >= 11 is 6.01. The molecule has 2 heterocycles. The molecule has 3 rings (SSSR count). The zero-order chi connectivity index (χ0) is 11.8. The third-order valence-corrected chi connectivity index (χ3v) is 3.94. The first-order chi connectivity index (χ1) is 8.28. The Bertz CT molecular complexity index is 437. The van der Waals surface area contributed by atoms with Crippen molar-refractivity contribution in [3.8, 4) is 0 Å². The van der Waals surface area contributed by atoms with Crippen LogP contribution in [0.1, 0.15) is 10.4 Å². The molecule has 3 nitrogen and oxygen atoms in total. The van der Waals surface area contributed by atoms with Gasteiger partial charge in [0.05, 0.1) is 13.2 Å². The summed E-state index contributed by atoms with van der Waals surface area (Å²) in [6.45, 7) is 3.62. The van der Waals surface area contributed by atoms with Gasteiger partial charge in [0.25, 0.3) is 0 Å². The quantitative estimate of drug-likeness (QED) is 0.755. The fraction of sp³-hybridized carbons (Fsp3) is 0.462. The van der Waals surface area contributed by atoms with E-state index in [0.29, 0.717) is 16.9 Å². The van der Waals surface area contributed by atoms with Crippen LogP contribution in [0.15, 0.2) is 18.2 Å². The van der Waals surface area contributed by atoms with E-state index in [1.54, 1.807) is 12.1 Å². The number of hydrogen-bond donors (Lipinski definition) is 0. The van der Waals surface area contributed by atoms with Crippen LogP contribution in [0, 0.1) is 11.8 Å². The number of nitrogens with zero attached hydrogens (tertiary/aromatic N) is 1. The fourth-order valence-corrected chi connectivity index (χ4v) is 2.94. The van der Waals surface area contributed by atoms with Crippen LogP contribution < -0.4 is 4.90 Å². The van der Waals surface area contributed by atoms with Crippen LogP contribution in [0.2, 0.25) is 5.02 Å². The Morgan fingerprint density at radius 1 is 1.29 bits per heavy atom. The van der Waals surface area contributed by atoms with Crippen molar-refractivity contribution in [2.75, 3.05) is 31.2 Å². The monoisotopic (exact) mass is 251 g/mol. The van der Waals surface area contributed by atoms with Gasteiger partial charge in [-0.3, -0.25) is 4.79 Å². The number of fused-ring (bicyclic) bond motifs is 1. The van der Waals surface area contributed by atoms with Crippen molar-refractivity contribution in [2.45, 2.75) is 0 Å². The van der Waals surface area contributed by atoms with E-state index < -0.39 is 0 Å². The molecular weight excluding hydrogens is 238 g/mol. The van der Waals surface area contributed by atoms with Crippen LogP contribution in [-0.4, -0.2) is 32.6 Å². The molecule has 1 aromatic carbocycles. The summed E-state index contributed by atoms with van der Waals surface area (Å²) in [5.74, 6) is 1.21. The number of carbonyl (C=O) groups is 1. The lowest BCUT2D eigenvalue weighted by Gasteiger charge is -2.21. The molecule has 0 aromatic heterocycles. The molecule has 0 saturated carbocycles. The van der Waals surface area contributed by atoms with Crippen molar-refractivity contribution < 1.29 is 9.53 Å². The fourth-order valence-electron chi connectivity index (χ4n) is 2.77. The highest BCUT2D eigenvalue weighted by atomic mass is 35.5. The van der Waals surface area contributed by atoms with Crippen LogP contribution in [-0.2, 0) is 4.74 Å². The van der Waals surface area contributed by atoms with Crippen molar-refractivity contribution >= 4 is 23.6 Å². The van der Waals surface area contributed by atoms with Gasteiger partial charge in [0, 0.05) is 41.2 Å². The van der Waals surface area contributed by atoms with Gasteiger partial charge in [-0.05, 0) is 18.2 Å². The van der Waals surface area contributed by atoms with E-state index in [1.165, 1.54) is 0 Å². The molecule has 0 spiro atoms. The highest BCUT2D eigenvalue weighted by molar-refractivity contribution is 6.31. The molecule has 0 N–H and O–H groups in total. The lowest BCUT2D eigenvalue weighted by molar-refractivity contribution is 0.112. The zero-order valence-corrected chi connectivity index (χ0v) is 10.2. The molecule has 2 aliphatic rings. The highest BCUT2D eigenvalue weighted by Gasteiger charge is 2.37. The van der Waals surface area contributed by atoms with E-state index in [4.69, 9.17) is 16.3 Å². The van der Waals surface area contributed by atoms with Gasteiger partial charge in [-0.2, -0.15) is 0 Å². The number of rotatable bonds is 2. The van der Waals surface area contributed by atoms with Gasteiger partial charge in [-0.15, -0.1) is 0 Å². The lowest BCUT2D eigenvalue weighted by atomic mass is 10.0. The van der Waals surface area contributed by atoms with E-state index in [1.807, 2.05) is 6.07 Å². The van der Waals surface area contributed by atoms with Crippen molar-refractivity contribution in [1.82, 2.24) is 0 Å². The third kappa shape index (κ3) is 1.94. The summed E-state index contributed by atoms with van der Waals surface area (Å²) in [5.41, 5.74) is 1.68. The van der Waals surface area contributed by atoms with Gasteiger partial charge in [0.15, 0.2) is 6.29 Å². The topological polar surface area (TPSA) is 29.5 Å². The van der Waals surface area contributed by atoms with Crippen LogP contribution in [0.3, 0.4) is 0 Å². The minimum Gasteiger partial charge on any atom is -0.381 e. The molecule has 2 saturated heterocycles. The number of halogens is 1. The van der Waals surface area contributed by atoms with Gasteiger partial charge in [-0.1, -0.05) is 11.6 Å². The first-order valence-corrected chi connectivity index (χ1v) is 6.23. The summed E-state index contributed by atoms with van der Waals surface area (Å²) in [6, 6.07) is 5.43. The summed E-state index contributed by atoms with van der Waals surface area (Å²) in [6.07, 6.45) is 0.899. The molecule has 2 unspecified atom stereocenters. The van der Waals surface area contributed by atoms with Crippen molar-refractivity contribution in [3.63, 3.8) is 0 Å². The Hall–Kier alpha value is -1.06. The van der Waals surface area contributed by atoms with E-state index in [9.17, 15) is 4.79 Å². The molecule has 2 aliphatic heterocycles. The first kappa shape index (κ1) is 11.1. The second-order valence-electron chi connectivity index (χ2n) is 4.78. The average molecular weight is 252 g/mol. The van der Waals surface area contributed by atoms with Gasteiger partial charge in [0.2, 0.25) is 0 Å². The standard InChI is InChI=1S/C13H14ClNO2/c14-12-2-1-9(6-16)13(3-12)15-4-10-7-17-8-11(10)5-15/h1-3,6,10-11H,4-5,7-8H2. The zero-order valence-electron chi connectivity index (χ0n) is 9.43. The van der Waals surface area contributed by atoms with Crippen molar-refractivity contribution in [2.24, 2.45) is 11.8 Å². The minimum atomic E-state index is 0.605. The van der Waals surface area contributed by atoms with Crippen LogP contribution in [0.5, 0.6) is 0 Å². The smallest absolute Gasteiger partial charge is 0.152 e. The van der Waals surface area contributed by atoms with E-state index in [0.717, 1.165) is 43.8 Å². The van der Waals surface area contributed by atoms with E-state index in [-0.39, 0.29) is 0 Å². The van der Waals surface area contributed by atoms with Crippen molar-refractivity contribution in [3.05, 3.63) is 28.8 Å². The summed E-state index contributed by atoms with van der Waals surface area (Å²) in [4.78, 5) is 13.3. The SMILES string of the molecule is O=Cc1ccc(Cl)cc1N1CC2COCC2C1. The number of aldehydes is 1. The number of benzene rings is 1. The lowest BCUT2D eigenvalue weighted by Crippen LogP contribution is -2.23. The Balaban J connectivity index is 1.89. The molecule has 17 heavy (non-hydrogen) atoms. The minimum absolute atomic E-state index is 0.605. The van der Waals surface area contributed by atoms with Gasteiger partial charge in [-0.25, -0.2) is 0 Å². The molecule has 2 atom stereocenters. The molecular formula is C13H14ClNO2. The average Bonchev–Trinajstić information content (AvgIpc) is 2.88. The summed E-state index contributed by atoms with van der Waals surface area (Å²) in [5, 5.41) is 0.680. The van der Waals surface area contributed by atoms with Crippen LogP contribution >= 0.6 is 11.6 Å². The van der Waals surface area contributed by atoms with Gasteiger partial charge < -0.3 is 9.64 Å². The van der Waals surface area contributed by atoms with Crippen molar-refractivity contribution in [1.29, 1.82) is 0 Å². The molecule has 0 aliphatic carbocycles. The maximum absolute atomic E-state index is 11.0. The maximum atomic E-state index is 11.0. The van der Waals surface area contributed by atoms with Gasteiger partial charge in [0.1, 0.15) is 0 Å². The van der Waals surface area contributed by atoms with Gasteiger partial charge >= 0.3 is 0 Å². The molecule has 0 radical (unpaired) electrons. The summed E-state index contributed by atoms with van der Waals surface area (Å²) < 4.78 is 5.45. The van der Waals surface area contributed by atoms with Crippen LogP contribution in [0.25, 0.3) is 0 Å². The largest absolute Gasteiger partial charge is 0.381 e. The third-order valence-electron chi connectivity index (χ3n) is 3.70. The second-order valence-corrected chi connectivity index (χ2v) is 5.22. The Morgan fingerprint density at radius 3 is 2.65 bits per heavy atom. The Morgan fingerprint density at radius 2 is 2.00 bits per heavy atom. The Labute approximate surface area is 105 Å². The van der Waals surface area contributed by atoms with Crippen LogP contribution in [0.4, 0.5) is 5.69 Å². The highest BCUT2D eigenvalue weighted by Crippen LogP contribution is 2.34. The first-order valence-electron chi connectivity index (χ1n) is 5.85. The predicted molar refractivity (Wildman–Crippen MR) is 66.9 cm³/mol. The summed E-state index contributed by atoms with van der Waals surface area (Å²) in [7, 11) is 0. The molecule has 90 valence electrons. The Kier molecular flexibility index (Phi) is 2.81. The number of hydrogen-bond acceptors (Lipinski definition) is 3.